The van der Waals surface area contributed by atoms with E-state index in [1.807, 2.05) is 13.2 Å². The van der Waals surface area contributed by atoms with Crippen LogP contribution in [0.3, 0.4) is 0 Å². The first-order valence-electron chi connectivity index (χ1n) is 4.86. The maximum atomic E-state index is 4.36. The molecule has 2 heterocycles. The molecule has 0 aromatic carbocycles. The molecule has 1 aromatic heterocycles. The predicted molar refractivity (Wildman–Crippen MR) is 59.1 cm³/mol. The number of hydrogen-bond donors (Lipinski definition) is 1. The maximum absolute atomic E-state index is 4.36. The summed E-state index contributed by atoms with van der Waals surface area (Å²) in [5, 5.41) is 3.34. The van der Waals surface area contributed by atoms with E-state index in [0.29, 0.717) is 0 Å². The smallest absolute Gasteiger partial charge is 0.123 e. The summed E-state index contributed by atoms with van der Waals surface area (Å²) in [5.41, 5.74) is 0. The molecule has 1 saturated heterocycles. The van der Waals surface area contributed by atoms with Crippen LogP contribution in [0.1, 0.15) is 5.82 Å². The summed E-state index contributed by atoms with van der Waals surface area (Å²) in [6.45, 7) is 5.36. The normalized spacial score (nSPS) is 18.7. The van der Waals surface area contributed by atoms with Gasteiger partial charge in [0.15, 0.2) is 0 Å². The number of halogens is 1. The van der Waals surface area contributed by atoms with Gasteiger partial charge in [0.2, 0.25) is 0 Å². The van der Waals surface area contributed by atoms with Crippen molar-refractivity contribution in [3.63, 3.8) is 0 Å². The molecule has 4 nitrogen and oxygen atoms in total. The molecule has 0 unspecified atom stereocenters. The number of nitrogens with zero attached hydrogens (tertiary/aromatic N) is 3. The molecule has 0 amide bonds. The zero-order valence-corrected chi connectivity index (χ0v) is 9.92. The Morgan fingerprint density at radius 2 is 2.21 bits per heavy atom. The van der Waals surface area contributed by atoms with Crippen LogP contribution in [0.2, 0.25) is 0 Å². The second kappa shape index (κ2) is 4.42. The second-order valence-corrected chi connectivity index (χ2v) is 4.39. The molecule has 14 heavy (non-hydrogen) atoms. The molecule has 0 spiro atoms. The Morgan fingerprint density at radius 3 is 2.79 bits per heavy atom. The fraction of sp³-hybridized carbons (Fsp3) is 0.667. The van der Waals surface area contributed by atoms with Gasteiger partial charge in [-0.15, -0.1) is 0 Å². The van der Waals surface area contributed by atoms with Gasteiger partial charge in [0.1, 0.15) is 10.4 Å². The van der Waals surface area contributed by atoms with Crippen LogP contribution < -0.4 is 5.32 Å². The van der Waals surface area contributed by atoms with E-state index >= 15 is 0 Å². The van der Waals surface area contributed by atoms with Crippen molar-refractivity contribution >= 4 is 15.9 Å². The molecule has 0 saturated carbocycles. The molecule has 1 aromatic rings. The summed E-state index contributed by atoms with van der Waals surface area (Å²) in [6, 6.07) is 0. The summed E-state index contributed by atoms with van der Waals surface area (Å²) in [6.07, 6.45) is 1.86. The molecule has 0 atom stereocenters. The Morgan fingerprint density at radius 1 is 1.50 bits per heavy atom. The van der Waals surface area contributed by atoms with Crippen molar-refractivity contribution in [3.05, 3.63) is 16.6 Å². The van der Waals surface area contributed by atoms with Crippen LogP contribution in [0.4, 0.5) is 0 Å². The van der Waals surface area contributed by atoms with Gasteiger partial charge in [0.25, 0.3) is 0 Å². The van der Waals surface area contributed by atoms with Crippen LogP contribution in [0.5, 0.6) is 0 Å². The van der Waals surface area contributed by atoms with E-state index < -0.39 is 0 Å². The average molecular weight is 259 g/mol. The Bertz CT molecular complexity index is 304. The minimum absolute atomic E-state index is 0.948. The molecule has 0 radical (unpaired) electrons. The number of piperazine rings is 1. The standard InChI is InChI=1S/C9H15BrN4/c1-13-8(10)6-12-9(13)7-14-4-2-11-3-5-14/h6,11H,2-5,7H2,1H3. The molecule has 78 valence electrons. The first-order valence-corrected chi connectivity index (χ1v) is 5.66. The molecule has 1 fully saturated rings. The molecule has 0 aliphatic carbocycles. The van der Waals surface area contributed by atoms with Crippen LogP contribution in [0.25, 0.3) is 0 Å². The third-order valence-electron chi connectivity index (χ3n) is 2.60. The molecule has 1 aliphatic heterocycles. The number of hydrogen-bond acceptors (Lipinski definition) is 3. The van der Waals surface area contributed by atoms with Crippen molar-refractivity contribution in [2.45, 2.75) is 6.54 Å². The monoisotopic (exact) mass is 258 g/mol. The van der Waals surface area contributed by atoms with E-state index in [4.69, 9.17) is 0 Å². The zero-order valence-electron chi connectivity index (χ0n) is 8.33. The van der Waals surface area contributed by atoms with Gasteiger partial charge in [-0.05, 0) is 15.9 Å². The van der Waals surface area contributed by atoms with Gasteiger partial charge in [0.05, 0.1) is 12.7 Å². The number of rotatable bonds is 2. The number of nitrogens with one attached hydrogen (secondary N) is 1. The highest BCUT2D eigenvalue weighted by Crippen LogP contribution is 2.11. The highest BCUT2D eigenvalue weighted by Gasteiger charge is 2.12. The lowest BCUT2D eigenvalue weighted by Gasteiger charge is -2.26. The van der Waals surface area contributed by atoms with E-state index in [1.165, 1.54) is 0 Å². The number of imidazole rings is 1. The third kappa shape index (κ3) is 2.16. The van der Waals surface area contributed by atoms with Gasteiger partial charge in [-0.3, -0.25) is 4.90 Å². The zero-order chi connectivity index (χ0) is 9.97. The third-order valence-corrected chi connectivity index (χ3v) is 3.34. The first-order chi connectivity index (χ1) is 6.77. The lowest BCUT2D eigenvalue weighted by Crippen LogP contribution is -2.43. The SMILES string of the molecule is Cn1c(Br)cnc1CN1CCNCC1. The molecule has 0 bridgehead atoms. The summed E-state index contributed by atoms with van der Waals surface area (Å²) in [5.74, 6) is 1.12. The van der Waals surface area contributed by atoms with Gasteiger partial charge in [0, 0.05) is 33.2 Å². The second-order valence-electron chi connectivity index (χ2n) is 3.58. The minimum Gasteiger partial charge on any atom is -0.325 e. The maximum Gasteiger partial charge on any atom is 0.123 e. The van der Waals surface area contributed by atoms with E-state index in [-0.39, 0.29) is 0 Å². The van der Waals surface area contributed by atoms with Gasteiger partial charge in [-0.1, -0.05) is 0 Å². The topological polar surface area (TPSA) is 33.1 Å². The number of aromatic nitrogens is 2. The van der Waals surface area contributed by atoms with Crippen LogP contribution in [-0.2, 0) is 13.6 Å². The van der Waals surface area contributed by atoms with Gasteiger partial charge in [-0.2, -0.15) is 0 Å². The van der Waals surface area contributed by atoms with Crippen molar-refractivity contribution in [2.24, 2.45) is 7.05 Å². The lowest BCUT2D eigenvalue weighted by molar-refractivity contribution is 0.226. The van der Waals surface area contributed by atoms with Gasteiger partial charge < -0.3 is 9.88 Å². The van der Waals surface area contributed by atoms with Gasteiger partial charge >= 0.3 is 0 Å². The van der Waals surface area contributed by atoms with E-state index in [2.05, 4.69) is 35.7 Å². The Balaban J connectivity index is 1.99. The summed E-state index contributed by atoms with van der Waals surface area (Å²) >= 11 is 3.45. The minimum atomic E-state index is 0.948. The van der Waals surface area contributed by atoms with Crippen molar-refractivity contribution in [2.75, 3.05) is 26.2 Å². The first kappa shape index (κ1) is 10.1. The van der Waals surface area contributed by atoms with Crippen LogP contribution in [-0.4, -0.2) is 40.6 Å². The van der Waals surface area contributed by atoms with Crippen LogP contribution in [0.15, 0.2) is 10.8 Å². The summed E-state index contributed by atoms with van der Waals surface area (Å²) in [7, 11) is 2.04. The largest absolute Gasteiger partial charge is 0.325 e. The van der Waals surface area contributed by atoms with Crippen LogP contribution >= 0.6 is 15.9 Å². The summed E-state index contributed by atoms with van der Waals surface area (Å²) < 4.78 is 3.13. The molecule has 2 rings (SSSR count). The van der Waals surface area contributed by atoms with Crippen molar-refractivity contribution in [1.29, 1.82) is 0 Å². The van der Waals surface area contributed by atoms with Gasteiger partial charge in [-0.25, -0.2) is 4.98 Å². The summed E-state index contributed by atoms with van der Waals surface area (Å²) in [4.78, 5) is 6.79. The van der Waals surface area contributed by atoms with E-state index in [9.17, 15) is 0 Å². The highest BCUT2D eigenvalue weighted by atomic mass is 79.9. The Hall–Kier alpha value is -0.390. The quantitative estimate of drug-likeness (QED) is 0.843. The van der Waals surface area contributed by atoms with Crippen molar-refractivity contribution in [1.82, 2.24) is 19.8 Å². The highest BCUT2D eigenvalue weighted by molar-refractivity contribution is 9.10. The molecule has 5 heteroatoms. The molecular weight excluding hydrogens is 244 g/mol. The molecule has 1 aliphatic rings. The lowest BCUT2D eigenvalue weighted by atomic mass is 10.3. The molecular formula is C9H15BrN4. The fourth-order valence-corrected chi connectivity index (χ4v) is 1.95. The Kier molecular flexibility index (Phi) is 3.20. The predicted octanol–water partition coefficient (Wildman–Crippen LogP) is 0.588. The fourth-order valence-electron chi connectivity index (χ4n) is 1.64. The van der Waals surface area contributed by atoms with Crippen LogP contribution in [0, 0.1) is 0 Å². The Labute approximate surface area is 92.4 Å². The average Bonchev–Trinajstić information content (AvgIpc) is 2.52. The van der Waals surface area contributed by atoms with E-state index in [0.717, 1.165) is 43.2 Å². The van der Waals surface area contributed by atoms with E-state index in [1.54, 1.807) is 0 Å². The van der Waals surface area contributed by atoms with Crippen molar-refractivity contribution < 1.29 is 0 Å². The van der Waals surface area contributed by atoms with Crippen molar-refractivity contribution in [3.8, 4) is 0 Å². The molecule has 1 N–H and O–H groups in total.